The van der Waals surface area contributed by atoms with Gasteiger partial charge in [0.25, 0.3) is 11.8 Å². The molecule has 3 aromatic carbocycles. The molecule has 1 heterocycles. The van der Waals surface area contributed by atoms with Crippen LogP contribution in [0.25, 0.3) is 10.8 Å². The minimum atomic E-state index is -0.757. The van der Waals surface area contributed by atoms with E-state index < -0.39 is 5.82 Å². The molecule has 6 nitrogen and oxygen atoms in total. The zero-order valence-corrected chi connectivity index (χ0v) is 16.2. The van der Waals surface area contributed by atoms with Crippen LogP contribution in [0.2, 0.25) is 5.28 Å². The molecule has 0 spiro atoms. The van der Waals surface area contributed by atoms with Crippen molar-refractivity contribution in [3.8, 4) is 11.6 Å². The van der Waals surface area contributed by atoms with Gasteiger partial charge in [0.1, 0.15) is 5.75 Å². The third-order valence-electron chi connectivity index (χ3n) is 4.22. The number of hydrazone groups is 1. The molecule has 148 valence electrons. The lowest BCUT2D eigenvalue weighted by Gasteiger charge is -2.11. The molecule has 0 aliphatic heterocycles. The Morgan fingerprint density at radius 1 is 1.07 bits per heavy atom. The number of aromatic nitrogens is 2. The van der Waals surface area contributed by atoms with Crippen molar-refractivity contribution in [3.63, 3.8) is 0 Å². The van der Waals surface area contributed by atoms with Crippen molar-refractivity contribution in [1.82, 2.24) is 15.4 Å². The quantitative estimate of drug-likeness (QED) is 0.280. The summed E-state index contributed by atoms with van der Waals surface area (Å²) in [6.45, 7) is 0. The molecule has 30 heavy (non-hydrogen) atoms. The zero-order valence-electron chi connectivity index (χ0n) is 15.4. The third-order valence-corrected chi connectivity index (χ3v) is 4.40. The molecule has 0 fully saturated rings. The van der Waals surface area contributed by atoms with E-state index in [1.54, 1.807) is 30.3 Å². The first kappa shape index (κ1) is 19.5. The van der Waals surface area contributed by atoms with E-state index in [2.05, 4.69) is 20.5 Å². The van der Waals surface area contributed by atoms with Gasteiger partial charge < -0.3 is 4.74 Å². The van der Waals surface area contributed by atoms with Crippen LogP contribution < -0.4 is 10.2 Å². The van der Waals surface area contributed by atoms with Crippen molar-refractivity contribution in [3.05, 3.63) is 95.2 Å². The molecule has 4 rings (SSSR count). The minimum Gasteiger partial charge on any atom is -0.436 e. The van der Waals surface area contributed by atoms with Crippen molar-refractivity contribution in [2.24, 2.45) is 5.10 Å². The van der Waals surface area contributed by atoms with Crippen LogP contribution in [0, 0.1) is 5.82 Å². The molecule has 1 aromatic heterocycles. The summed E-state index contributed by atoms with van der Waals surface area (Å²) in [4.78, 5) is 19.6. The molecule has 0 saturated carbocycles. The number of carbonyl (C=O) groups excluding carboxylic acids is 1. The van der Waals surface area contributed by atoms with Gasteiger partial charge in [0.15, 0.2) is 0 Å². The highest BCUT2D eigenvalue weighted by Gasteiger charge is 2.13. The fraction of sp³-hybridized carbons (Fsp3) is 0. The second-order valence-corrected chi connectivity index (χ2v) is 6.50. The Morgan fingerprint density at radius 3 is 2.67 bits per heavy atom. The molecule has 0 aliphatic carbocycles. The normalized spacial score (nSPS) is 11.0. The molecule has 1 amide bonds. The van der Waals surface area contributed by atoms with Crippen molar-refractivity contribution in [1.29, 1.82) is 0 Å². The number of amides is 1. The van der Waals surface area contributed by atoms with E-state index >= 15 is 0 Å². The number of rotatable bonds is 5. The minimum absolute atomic E-state index is 0.141. The highest BCUT2D eigenvalue weighted by atomic mass is 35.5. The highest BCUT2D eigenvalue weighted by molar-refractivity contribution is 6.28. The number of benzene rings is 3. The summed E-state index contributed by atoms with van der Waals surface area (Å²) in [5, 5.41) is 5.63. The lowest BCUT2D eigenvalue weighted by Crippen LogP contribution is -2.17. The van der Waals surface area contributed by atoms with E-state index in [1.165, 1.54) is 6.21 Å². The first-order chi connectivity index (χ1) is 14.6. The first-order valence-corrected chi connectivity index (χ1v) is 9.26. The molecule has 0 bridgehead atoms. The van der Waals surface area contributed by atoms with Gasteiger partial charge in [-0.25, -0.2) is 10.4 Å². The molecule has 0 aliphatic rings. The number of nitrogens with one attached hydrogen (secondary N) is 1. The smallest absolute Gasteiger partial charge is 0.271 e. The maximum absolute atomic E-state index is 14.0. The molecular formula is C22H14ClFN4O2. The lowest BCUT2D eigenvalue weighted by atomic mass is 10.0. The molecule has 0 saturated heterocycles. The second-order valence-electron chi connectivity index (χ2n) is 6.16. The Morgan fingerprint density at radius 2 is 1.83 bits per heavy atom. The Balaban J connectivity index is 1.68. The Kier molecular flexibility index (Phi) is 5.63. The summed E-state index contributed by atoms with van der Waals surface area (Å²) in [5.41, 5.74) is 3.49. The van der Waals surface area contributed by atoms with Crippen LogP contribution in [0.3, 0.4) is 0 Å². The number of nitrogens with zero attached hydrogens (tertiary/aromatic N) is 3. The number of ether oxygens (including phenoxy) is 1. The summed E-state index contributed by atoms with van der Waals surface area (Å²) in [5.74, 6) is -1.13. The highest BCUT2D eigenvalue weighted by Crippen LogP contribution is 2.31. The number of hydrogen-bond acceptors (Lipinski definition) is 5. The molecule has 0 atom stereocenters. The van der Waals surface area contributed by atoms with Crippen LogP contribution in [0.1, 0.15) is 15.9 Å². The lowest BCUT2D eigenvalue weighted by molar-refractivity contribution is 0.0955. The summed E-state index contributed by atoms with van der Waals surface area (Å²) >= 11 is 5.75. The van der Waals surface area contributed by atoms with Gasteiger partial charge >= 0.3 is 0 Å². The van der Waals surface area contributed by atoms with E-state index in [-0.39, 0.29) is 17.1 Å². The van der Waals surface area contributed by atoms with Gasteiger partial charge in [-0.1, -0.05) is 48.5 Å². The summed E-state index contributed by atoms with van der Waals surface area (Å²) in [6, 6.07) is 19.7. The second kappa shape index (κ2) is 8.67. The standard InChI is InChI=1S/C22H14ClFN4O2/c23-22-25-13-18(24)21(27-22)30-19-11-10-14-6-4-5-9-16(14)17(19)12-26-28-20(29)15-7-2-1-3-8-15/h1-13H,(H,28,29)/b26-12-. The Bertz CT molecular complexity index is 1250. The fourth-order valence-corrected chi connectivity index (χ4v) is 2.94. The van der Waals surface area contributed by atoms with Crippen molar-refractivity contribution >= 4 is 34.5 Å². The van der Waals surface area contributed by atoms with Gasteiger partial charge in [-0.2, -0.15) is 14.5 Å². The summed E-state index contributed by atoms with van der Waals surface area (Å²) in [6.07, 6.45) is 2.37. The first-order valence-electron chi connectivity index (χ1n) is 8.88. The monoisotopic (exact) mass is 420 g/mol. The molecule has 4 aromatic rings. The van der Waals surface area contributed by atoms with Crippen LogP contribution in [0.15, 0.2) is 78.0 Å². The number of halogens is 2. The summed E-state index contributed by atoms with van der Waals surface area (Å²) in [7, 11) is 0. The maximum atomic E-state index is 14.0. The topological polar surface area (TPSA) is 76.5 Å². The van der Waals surface area contributed by atoms with Crippen molar-refractivity contribution < 1.29 is 13.9 Å². The van der Waals surface area contributed by atoms with Crippen LogP contribution in [-0.4, -0.2) is 22.1 Å². The molecule has 1 N–H and O–H groups in total. The van der Waals surface area contributed by atoms with Crippen LogP contribution in [0.4, 0.5) is 4.39 Å². The third kappa shape index (κ3) is 4.26. The number of hydrogen-bond donors (Lipinski definition) is 1. The molecule has 0 unspecified atom stereocenters. The largest absolute Gasteiger partial charge is 0.436 e. The van der Waals surface area contributed by atoms with Crippen LogP contribution in [0.5, 0.6) is 11.6 Å². The van der Waals surface area contributed by atoms with Crippen LogP contribution in [-0.2, 0) is 0 Å². The zero-order chi connectivity index (χ0) is 20.9. The fourth-order valence-electron chi connectivity index (χ4n) is 2.81. The summed E-state index contributed by atoms with van der Waals surface area (Å²) < 4.78 is 19.7. The van der Waals surface area contributed by atoms with E-state index in [0.717, 1.165) is 17.0 Å². The van der Waals surface area contributed by atoms with Gasteiger partial charge in [-0.15, -0.1) is 0 Å². The van der Waals surface area contributed by atoms with Crippen molar-refractivity contribution in [2.45, 2.75) is 0 Å². The number of carbonyl (C=O) groups is 1. The SMILES string of the molecule is O=C(N/N=C\c1c(Oc2nc(Cl)ncc2F)ccc2ccccc12)c1ccccc1. The van der Waals surface area contributed by atoms with Gasteiger partial charge in [0.05, 0.1) is 12.4 Å². The van der Waals surface area contributed by atoms with Gasteiger partial charge in [-0.05, 0) is 40.6 Å². The Labute approximate surface area is 176 Å². The molecular weight excluding hydrogens is 407 g/mol. The average molecular weight is 421 g/mol. The van der Waals surface area contributed by atoms with E-state index in [0.29, 0.717) is 16.9 Å². The van der Waals surface area contributed by atoms with E-state index in [9.17, 15) is 9.18 Å². The Hall–Kier alpha value is -3.84. The van der Waals surface area contributed by atoms with Gasteiger partial charge in [0.2, 0.25) is 11.1 Å². The number of fused-ring (bicyclic) bond motifs is 1. The molecule has 8 heteroatoms. The van der Waals surface area contributed by atoms with Crippen molar-refractivity contribution in [2.75, 3.05) is 0 Å². The van der Waals surface area contributed by atoms with Gasteiger partial charge in [0, 0.05) is 11.1 Å². The van der Waals surface area contributed by atoms with Crippen LogP contribution >= 0.6 is 11.6 Å². The maximum Gasteiger partial charge on any atom is 0.271 e. The van der Waals surface area contributed by atoms with E-state index in [4.69, 9.17) is 16.3 Å². The average Bonchev–Trinajstić information content (AvgIpc) is 2.78. The van der Waals surface area contributed by atoms with E-state index in [1.807, 2.05) is 36.4 Å². The molecule has 0 radical (unpaired) electrons. The van der Waals surface area contributed by atoms with Gasteiger partial charge in [-0.3, -0.25) is 4.79 Å². The predicted octanol–water partition coefficient (Wildman–Crippen LogP) is 4.98. The predicted molar refractivity (Wildman–Crippen MR) is 113 cm³/mol.